The van der Waals surface area contributed by atoms with Crippen molar-refractivity contribution in [3.8, 4) is 0 Å². The number of anilines is 4. The van der Waals surface area contributed by atoms with Crippen LogP contribution in [-0.4, -0.2) is 15.2 Å². The summed E-state index contributed by atoms with van der Waals surface area (Å²) in [5, 5.41) is 13.8. The molecule has 0 aliphatic heterocycles. The molecule has 3 aromatic rings. The van der Waals surface area contributed by atoms with Crippen molar-refractivity contribution >= 4 is 39.1 Å². The van der Waals surface area contributed by atoms with Gasteiger partial charge in [-0.1, -0.05) is 22.0 Å². The van der Waals surface area contributed by atoms with Crippen LogP contribution >= 0.6 is 15.9 Å². The van der Waals surface area contributed by atoms with Crippen LogP contribution in [0.2, 0.25) is 0 Å². The first-order valence-electron chi connectivity index (χ1n) is 6.44. The van der Waals surface area contributed by atoms with Gasteiger partial charge in [0.2, 0.25) is 5.95 Å². The average molecular weight is 360 g/mol. The lowest BCUT2D eigenvalue weighted by Crippen LogP contribution is -2.02. The second kappa shape index (κ2) is 6.48. The van der Waals surface area contributed by atoms with E-state index >= 15 is 0 Å². The van der Waals surface area contributed by atoms with Gasteiger partial charge in [-0.05, 0) is 42.5 Å². The first-order chi connectivity index (χ1) is 10.7. The lowest BCUT2D eigenvalue weighted by atomic mass is 10.3. The molecule has 2 N–H and O–H groups in total. The summed E-state index contributed by atoms with van der Waals surface area (Å²) in [6.07, 6.45) is 1.51. The normalized spacial score (nSPS) is 10.3. The number of nitrogens with one attached hydrogen (secondary N) is 2. The molecule has 0 unspecified atom stereocenters. The quantitative estimate of drug-likeness (QED) is 0.728. The van der Waals surface area contributed by atoms with Crippen molar-refractivity contribution in [2.24, 2.45) is 0 Å². The molecule has 7 heteroatoms. The Bertz CT molecular complexity index is 779. The minimum atomic E-state index is -0.331. The van der Waals surface area contributed by atoms with Crippen LogP contribution in [0.1, 0.15) is 0 Å². The van der Waals surface area contributed by atoms with Crippen LogP contribution in [0.4, 0.5) is 27.5 Å². The van der Waals surface area contributed by atoms with Crippen LogP contribution in [0, 0.1) is 5.82 Å². The van der Waals surface area contributed by atoms with Gasteiger partial charge in [0.1, 0.15) is 5.82 Å². The summed E-state index contributed by atoms with van der Waals surface area (Å²) >= 11 is 3.38. The highest BCUT2D eigenvalue weighted by Crippen LogP contribution is 2.19. The summed E-state index contributed by atoms with van der Waals surface area (Å²) in [5.74, 6) is 0.492. The van der Waals surface area contributed by atoms with E-state index < -0.39 is 0 Å². The molecule has 1 aromatic heterocycles. The third kappa shape index (κ3) is 3.76. The molecule has 110 valence electrons. The number of nitrogens with zero attached hydrogens (tertiary/aromatic N) is 3. The van der Waals surface area contributed by atoms with E-state index in [1.54, 1.807) is 12.1 Å². The van der Waals surface area contributed by atoms with Crippen LogP contribution < -0.4 is 10.6 Å². The maximum absolute atomic E-state index is 13.2. The zero-order valence-electron chi connectivity index (χ0n) is 11.3. The SMILES string of the molecule is Fc1cccc(Nc2nncc(Nc3ccc(Br)cc3)n2)c1. The molecule has 0 bridgehead atoms. The largest absolute Gasteiger partial charge is 0.339 e. The van der Waals surface area contributed by atoms with Crippen LogP contribution in [-0.2, 0) is 0 Å². The van der Waals surface area contributed by atoms with Gasteiger partial charge in [0.15, 0.2) is 5.82 Å². The third-order valence-electron chi connectivity index (χ3n) is 2.76. The molecule has 1 heterocycles. The van der Waals surface area contributed by atoms with E-state index in [9.17, 15) is 4.39 Å². The fraction of sp³-hybridized carbons (Fsp3) is 0. The highest BCUT2D eigenvalue weighted by Gasteiger charge is 2.03. The lowest BCUT2D eigenvalue weighted by Gasteiger charge is -2.07. The summed E-state index contributed by atoms with van der Waals surface area (Å²) in [6.45, 7) is 0. The first-order valence-corrected chi connectivity index (χ1v) is 7.23. The smallest absolute Gasteiger partial charge is 0.249 e. The predicted octanol–water partition coefficient (Wildman–Crippen LogP) is 4.26. The van der Waals surface area contributed by atoms with E-state index in [2.05, 4.69) is 41.7 Å². The maximum Gasteiger partial charge on any atom is 0.249 e. The van der Waals surface area contributed by atoms with Crippen LogP contribution in [0.5, 0.6) is 0 Å². The Balaban J connectivity index is 1.76. The molecule has 3 rings (SSSR count). The number of aromatic nitrogens is 3. The zero-order valence-corrected chi connectivity index (χ0v) is 12.9. The van der Waals surface area contributed by atoms with Crippen LogP contribution in [0.3, 0.4) is 0 Å². The van der Waals surface area contributed by atoms with Crippen molar-refractivity contribution in [2.75, 3.05) is 10.6 Å². The molecule has 5 nitrogen and oxygen atoms in total. The third-order valence-corrected chi connectivity index (χ3v) is 3.28. The Morgan fingerprint density at radius 3 is 2.55 bits per heavy atom. The second-order valence-electron chi connectivity index (χ2n) is 4.43. The Morgan fingerprint density at radius 2 is 1.77 bits per heavy atom. The van der Waals surface area contributed by atoms with E-state index in [1.807, 2.05) is 24.3 Å². The second-order valence-corrected chi connectivity index (χ2v) is 5.35. The van der Waals surface area contributed by atoms with Gasteiger partial charge in [0, 0.05) is 15.8 Å². The van der Waals surface area contributed by atoms with Gasteiger partial charge in [0.25, 0.3) is 0 Å². The number of benzene rings is 2. The van der Waals surface area contributed by atoms with Crippen molar-refractivity contribution in [1.29, 1.82) is 0 Å². The molecule has 0 atom stereocenters. The van der Waals surface area contributed by atoms with Gasteiger partial charge in [-0.15, -0.1) is 5.10 Å². The van der Waals surface area contributed by atoms with Crippen molar-refractivity contribution in [3.05, 3.63) is 65.0 Å². The number of hydrogen-bond donors (Lipinski definition) is 2. The van der Waals surface area contributed by atoms with Crippen molar-refractivity contribution < 1.29 is 4.39 Å². The van der Waals surface area contributed by atoms with E-state index in [1.165, 1.54) is 18.3 Å². The minimum Gasteiger partial charge on any atom is -0.339 e. The molecule has 0 fully saturated rings. The fourth-order valence-electron chi connectivity index (χ4n) is 1.79. The molecular formula is C15H11BrFN5. The molecule has 2 aromatic carbocycles. The number of halogens is 2. The Morgan fingerprint density at radius 1 is 0.955 bits per heavy atom. The van der Waals surface area contributed by atoms with E-state index in [0.29, 0.717) is 11.5 Å². The van der Waals surface area contributed by atoms with Crippen molar-refractivity contribution in [3.63, 3.8) is 0 Å². The minimum absolute atomic E-state index is 0.285. The first kappa shape index (κ1) is 14.4. The molecule has 0 aliphatic rings. The predicted molar refractivity (Wildman–Crippen MR) is 86.9 cm³/mol. The zero-order chi connectivity index (χ0) is 15.4. The van der Waals surface area contributed by atoms with Crippen LogP contribution in [0.25, 0.3) is 0 Å². The van der Waals surface area contributed by atoms with E-state index in [-0.39, 0.29) is 11.8 Å². The molecular weight excluding hydrogens is 349 g/mol. The summed E-state index contributed by atoms with van der Waals surface area (Å²) in [7, 11) is 0. The number of rotatable bonds is 4. The highest BCUT2D eigenvalue weighted by atomic mass is 79.9. The average Bonchev–Trinajstić information content (AvgIpc) is 2.50. The summed E-state index contributed by atoms with van der Waals surface area (Å²) in [4.78, 5) is 4.29. The topological polar surface area (TPSA) is 62.7 Å². The molecule has 0 saturated heterocycles. The Labute approximate surface area is 134 Å². The molecule has 0 amide bonds. The Kier molecular flexibility index (Phi) is 4.24. The lowest BCUT2D eigenvalue weighted by molar-refractivity contribution is 0.628. The van der Waals surface area contributed by atoms with Crippen molar-refractivity contribution in [1.82, 2.24) is 15.2 Å². The van der Waals surface area contributed by atoms with Crippen molar-refractivity contribution in [2.45, 2.75) is 0 Å². The Hall–Kier alpha value is -2.54. The maximum atomic E-state index is 13.2. The molecule has 22 heavy (non-hydrogen) atoms. The van der Waals surface area contributed by atoms with Gasteiger partial charge in [-0.3, -0.25) is 0 Å². The van der Waals surface area contributed by atoms with Gasteiger partial charge >= 0.3 is 0 Å². The van der Waals surface area contributed by atoms with Crippen LogP contribution in [0.15, 0.2) is 59.2 Å². The monoisotopic (exact) mass is 359 g/mol. The number of hydrogen-bond acceptors (Lipinski definition) is 5. The van der Waals surface area contributed by atoms with Gasteiger partial charge < -0.3 is 10.6 Å². The highest BCUT2D eigenvalue weighted by molar-refractivity contribution is 9.10. The van der Waals surface area contributed by atoms with E-state index in [4.69, 9.17) is 0 Å². The standard InChI is InChI=1S/C15H11BrFN5/c16-10-4-6-12(7-5-10)19-14-9-18-22-15(21-14)20-13-3-1-2-11(17)8-13/h1-9H,(H2,19,20,21,22). The summed E-state index contributed by atoms with van der Waals surface area (Å²) < 4.78 is 14.1. The molecule has 0 saturated carbocycles. The molecule has 0 aliphatic carbocycles. The summed E-state index contributed by atoms with van der Waals surface area (Å²) in [5.41, 5.74) is 1.43. The van der Waals surface area contributed by atoms with Gasteiger partial charge in [-0.2, -0.15) is 10.1 Å². The van der Waals surface area contributed by atoms with Gasteiger partial charge in [0.05, 0.1) is 6.20 Å². The van der Waals surface area contributed by atoms with E-state index in [0.717, 1.165) is 10.2 Å². The fourth-order valence-corrected chi connectivity index (χ4v) is 2.06. The molecule has 0 spiro atoms. The summed E-state index contributed by atoms with van der Waals surface area (Å²) in [6, 6.07) is 13.7. The molecule has 0 radical (unpaired) electrons. The van der Waals surface area contributed by atoms with Gasteiger partial charge in [-0.25, -0.2) is 4.39 Å².